The van der Waals surface area contributed by atoms with Gasteiger partial charge < -0.3 is 20.5 Å². The van der Waals surface area contributed by atoms with Gasteiger partial charge >= 0.3 is 5.97 Å². The number of hydrogen-bond acceptors (Lipinski definition) is 4. The summed E-state index contributed by atoms with van der Waals surface area (Å²) in [7, 11) is 1.59. The molecule has 0 aromatic heterocycles. The number of aliphatic carboxylic acids is 1. The van der Waals surface area contributed by atoms with Crippen LogP contribution < -0.4 is 10.6 Å². The average molecular weight is 334 g/mol. The van der Waals surface area contributed by atoms with Gasteiger partial charge in [0.05, 0.1) is 12.0 Å². The lowest BCUT2D eigenvalue weighted by Crippen LogP contribution is -2.50. The number of carbonyl (C=O) groups excluding carboxylic acids is 1. The van der Waals surface area contributed by atoms with E-state index in [9.17, 15) is 14.7 Å². The molecule has 3 unspecified atom stereocenters. The molecule has 0 bridgehead atoms. The molecule has 0 saturated carbocycles. The third-order valence-electron chi connectivity index (χ3n) is 4.57. The highest BCUT2D eigenvalue weighted by atomic mass is 16.5. The van der Waals surface area contributed by atoms with Crippen molar-refractivity contribution in [2.75, 3.05) is 13.7 Å². The molecule has 0 radical (unpaired) electrons. The van der Waals surface area contributed by atoms with Crippen LogP contribution in [0, 0.1) is 5.92 Å². The minimum absolute atomic E-state index is 0.133. The van der Waals surface area contributed by atoms with Crippen LogP contribution in [0.5, 0.6) is 0 Å². The number of ether oxygens (including phenoxy) is 1. The molecule has 132 valence electrons. The average Bonchev–Trinajstić information content (AvgIpc) is 3.09. The highest BCUT2D eigenvalue weighted by Gasteiger charge is 2.34. The molecule has 24 heavy (non-hydrogen) atoms. The van der Waals surface area contributed by atoms with E-state index >= 15 is 0 Å². The van der Waals surface area contributed by atoms with Gasteiger partial charge in [-0.05, 0) is 24.9 Å². The Bertz CT molecular complexity index is 543. The van der Waals surface area contributed by atoms with Gasteiger partial charge in [-0.25, -0.2) is 4.79 Å². The monoisotopic (exact) mass is 334 g/mol. The number of carboxylic acid groups (broad SMARTS) is 1. The van der Waals surface area contributed by atoms with Crippen molar-refractivity contribution in [3.05, 3.63) is 35.9 Å². The molecule has 1 amide bonds. The SMILES string of the molecule is COC(C(C)C(=O)NC(Cc1ccccc1)C(=O)O)[C@@H]1CCCN1. The normalized spacial score (nSPS) is 21.0. The lowest BCUT2D eigenvalue weighted by molar-refractivity contribution is -0.143. The molecule has 6 heteroatoms. The van der Waals surface area contributed by atoms with Gasteiger partial charge in [0.15, 0.2) is 0 Å². The Labute approximate surface area is 142 Å². The summed E-state index contributed by atoms with van der Waals surface area (Å²) in [6.45, 7) is 2.70. The van der Waals surface area contributed by atoms with Crippen molar-refractivity contribution >= 4 is 11.9 Å². The van der Waals surface area contributed by atoms with Gasteiger partial charge in [-0.2, -0.15) is 0 Å². The minimum Gasteiger partial charge on any atom is -0.480 e. The molecule has 1 heterocycles. The van der Waals surface area contributed by atoms with Gasteiger partial charge in [0.1, 0.15) is 6.04 Å². The minimum atomic E-state index is -1.03. The zero-order chi connectivity index (χ0) is 17.5. The van der Waals surface area contributed by atoms with Gasteiger partial charge in [0.2, 0.25) is 5.91 Å². The Morgan fingerprint density at radius 1 is 1.38 bits per heavy atom. The molecule has 1 aliphatic heterocycles. The molecule has 3 N–H and O–H groups in total. The lowest BCUT2D eigenvalue weighted by Gasteiger charge is -2.28. The van der Waals surface area contributed by atoms with Gasteiger partial charge in [0.25, 0.3) is 0 Å². The van der Waals surface area contributed by atoms with Crippen molar-refractivity contribution in [1.29, 1.82) is 0 Å². The van der Waals surface area contributed by atoms with E-state index in [1.54, 1.807) is 14.0 Å². The van der Waals surface area contributed by atoms with Crippen molar-refractivity contribution in [2.45, 2.75) is 44.4 Å². The zero-order valence-corrected chi connectivity index (χ0v) is 14.2. The fourth-order valence-electron chi connectivity index (χ4n) is 3.21. The molecular formula is C18H26N2O4. The number of carbonyl (C=O) groups is 2. The molecule has 1 aromatic carbocycles. The van der Waals surface area contributed by atoms with E-state index in [1.807, 2.05) is 30.3 Å². The third kappa shape index (κ3) is 4.79. The summed E-state index contributed by atoms with van der Waals surface area (Å²) in [5.41, 5.74) is 0.874. The summed E-state index contributed by atoms with van der Waals surface area (Å²) in [6, 6.07) is 8.47. The van der Waals surface area contributed by atoms with E-state index in [0.29, 0.717) is 0 Å². The highest BCUT2D eigenvalue weighted by Crippen LogP contribution is 2.19. The fraction of sp³-hybridized carbons (Fsp3) is 0.556. The number of rotatable bonds is 8. The Kier molecular flexibility index (Phi) is 6.75. The maximum Gasteiger partial charge on any atom is 0.326 e. The highest BCUT2D eigenvalue weighted by molar-refractivity contribution is 5.85. The van der Waals surface area contributed by atoms with Crippen LogP contribution in [0.2, 0.25) is 0 Å². The van der Waals surface area contributed by atoms with E-state index < -0.39 is 17.9 Å². The quantitative estimate of drug-likeness (QED) is 0.665. The summed E-state index contributed by atoms with van der Waals surface area (Å²) in [5, 5.41) is 15.4. The molecule has 1 fully saturated rings. The molecule has 4 atom stereocenters. The number of carboxylic acids is 1. The van der Waals surface area contributed by atoms with Crippen LogP contribution in [-0.2, 0) is 20.7 Å². The summed E-state index contributed by atoms with van der Waals surface area (Å²) in [5.74, 6) is -1.76. The van der Waals surface area contributed by atoms with Crippen molar-refractivity contribution in [3.8, 4) is 0 Å². The first-order chi connectivity index (χ1) is 11.5. The molecule has 6 nitrogen and oxygen atoms in total. The Morgan fingerprint density at radius 2 is 2.08 bits per heavy atom. The first-order valence-electron chi connectivity index (χ1n) is 8.36. The standard InChI is InChI=1S/C18H26N2O4/c1-12(16(24-2)14-9-6-10-19-14)17(21)20-15(18(22)23)11-13-7-4-3-5-8-13/h3-5,7-8,12,14-16,19H,6,9-11H2,1-2H3,(H,20,21)(H,22,23)/t12?,14-,15?,16?/m0/s1. The smallest absolute Gasteiger partial charge is 0.326 e. The number of nitrogens with one attached hydrogen (secondary N) is 2. The fourth-order valence-corrected chi connectivity index (χ4v) is 3.21. The predicted octanol–water partition coefficient (Wildman–Crippen LogP) is 1.20. The first-order valence-corrected chi connectivity index (χ1v) is 8.36. The van der Waals surface area contributed by atoms with Gasteiger partial charge in [0, 0.05) is 19.6 Å². The second kappa shape index (κ2) is 8.80. The predicted molar refractivity (Wildman–Crippen MR) is 90.7 cm³/mol. The van der Waals surface area contributed by atoms with E-state index in [-0.39, 0.29) is 24.5 Å². The Morgan fingerprint density at radius 3 is 2.62 bits per heavy atom. The number of hydrogen-bond donors (Lipinski definition) is 3. The summed E-state index contributed by atoms with van der Waals surface area (Å²) in [4.78, 5) is 24.0. The van der Waals surface area contributed by atoms with E-state index in [4.69, 9.17) is 4.74 Å². The van der Waals surface area contributed by atoms with Crippen molar-refractivity contribution < 1.29 is 19.4 Å². The van der Waals surface area contributed by atoms with Crippen LogP contribution in [-0.4, -0.2) is 48.8 Å². The number of methoxy groups -OCH3 is 1. The van der Waals surface area contributed by atoms with Crippen LogP contribution in [0.1, 0.15) is 25.3 Å². The maximum atomic E-state index is 12.5. The Hall–Kier alpha value is -1.92. The topological polar surface area (TPSA) is 87.7 Å². The van der Waals surface area contributed by atoms with Crippen LogP contribution in [0.15, 0.2) is 30.3 Å². The summed E-state index contributed by atoms with van der Waals surface area (Å²) < 4.78 is 5.51. The molecule has 2 rings (SSSR count). The van der Waals surface area contributed by atoms with Crippen molar-refractivity contribution in [1.82, 2.24) is 10.6 Å². The zero-order valence-electron chi connectivity index (χ0n) is 14.2. The lowest BCUT2D eigenvalue weighted by atomic mass is 9.95. The number of amides is 1. The maximum absolute atomic E-state index is 12.5. The number of benzene rings is 1. The molecule has 1 saturated heterocycles. The largest absolute Gasteiger partial charge is 0.480 e. The van der Waals surface area contributed by atoms with Crippen molar-refractivity contribution in [2.24, 2.45) is 5.92 Å². The van der Waals surface area contributed by atoms with Crippen LogP contribution in [0.4, 0.5) is 0 Å². The van der Waals surface area contributed by atoms with E-state index in [2.05, 4.69) is 10.6 Å². The second-order valence-electron chi connectivity index (χ2n) is 6.28. The molecular weight excluding hydrogens is 308 g/mol. The molecule has 0 spiro atoms. The van der Waals surface area contributed by atoms with Crippen LogP contribution in [0.3, 0.4) is 0 Å². The molecule has 0 aliphatic carbocycles. The van der Waals surface area contributed by atoms with Gasteiger partial charge in [-0.3, -0.25) is 4.79 Å². The van der Waals surface area contributed by atoms with Gasteiger partial charge in [-0.15, -0.1) is 0 Å². The van der Waals surface area contributed by atoms with Gasteiger partial charge in [-0.1, -0.05) is 37.3 Å². The van der Waals surface area contributed by atoms with Crippen molar-refractivity contribution in [3.63, 3.8) is 0 Å². The van der Waals surface area contributed by atoms with Crippen LogP contribution >= 0.6 is 0 Å². The van der Waals surface area contributed by atoms with E-state index in [0.717, 1.165) is 24.9 Å². The first kappa shape index (κ1) is 18.4. The summed E-state index contributed by atoms with van der Waals surface area (Å²) in [6.07, 6.45) is 2.01. The molecule has 1 aromatic rings. The third-order valence-corrected chi connectivity index (χ3v) is 4.57. The molecule has 1 aliphatic rings. The second-order valence-corrected chi connectivity index (χ2v) is 6.28. The van der Waals surface area contributed by atoms with E-state index in [1.165, 1.54) is 0 Å². The summed E-state index contributed by atoms with van der Waals surface area (Å²) >= 11 is 0. The van der Waals surface area contributed by atoms with Crippen LogP contribution in [0.25, 0.3) is 0 Å². The Balaban J connectivity index is 1.99.